The second kappa shape index (κ2) is 4.87. The van der Waals surface area contributed by atoms with E-state index < -0.39 is 0 Å². The van der Waals surface area contributed by atoms with Gasteiger partial charge in [-0.05, 0) is 25.7 Å². The van der Waals surface area contributed by atoms with Crippen LogP contribution in [-0.2, 0) is 0 Å². The van der Waals surface area contributed by atoms with Gasteiger partial charge in [-0.2, -0.15) is 4.98 Å². The maximum atomic E-state index is 5.88. The van der Waals surface area contributed by atoms with Crippen LogP contribution in [0.25, 0.3) is 0 Å². The molecule has 5 heteroatoms. The van der Waals surface area contributed by atoms with Crippen LogP contribution < -0.4 is 10.6 Å². The molecule has 0 atom stereocenters. The SMILES string of the molecule is CCN(CC1CCC1)c1cc(Cl)nc(N)n1. The van der Waals surface area contributed by atoms with Gasteiger partial charge in [0.2, 0.25) is 5.95 Å². The minimum Gasteiger partial charge on any atom is -0.368 e. The Balaban J connectivity index is 2.11. The minimum absolute atomic E-state index is 0.245. The van der Waals surface area contributed by atoms with Crippen molar-refractivity contribution in [2.45, 2.75) is 26.2 Å². The molecule has 0 saturated heterocycles. The molecule has 0 unspecified atom stereocenters. The topological polar surface area (TPSA) is 55.0 Å². The monoisotopic (exact) mass is 240 g/mol. The van der Waals surface area contributed by atoms with Gasteiger partial charge in [0, 0.05) is 19.2 Å². The second-order valence-corrected chi connectivity index (χ2v) is 4.63. The van der Waals surface area contributed by atoms with Crippen LogP contribution in [0.5, 0.6) is 0 Å². The van der Waals surface area contributed by atoms with Crippen LogP contribution in [0.1, 0.15) is 26.2 Å². The van der Waals surface area contributed by atoms with E-state index in [1.54, 1.807) is 6.07 Å². The molecule has 1 heterocycles. The summed E-state index contributed by atoms with van der Waals surface area (Å²) in [6.07, 6.45) is 4.00. The lowest BCUT2D eigenvalue weighted by atomic mass is 9.85. The molecule has 1 aromatic heterocycles. The third-order valence-electron chi connectivity index (χ3n) is 3.11. The molecule has 0 spiro atoms. The van der Waals surface area contributed by atoms with Crippen LogP contribution in [0.15, 0.2) is 6.07 Å². The van der Waals surface area contributed by atoms with Crippen molar-refractivity contribution in [3.05, 3.63) is 11.2 Å². The predicted molar refractivity (Wildman–Crippen MR) is 66.7 cm³/mol. The summed E-state index contributed by atoms with van der Waals surface area (Å²) in [5.74, 6) is 1.89. The summed E-state index contributed by atoms with van der Waals surface area (Å²) < 4.78 is 0. The lowest BCUT2D eigenvalue weighted by Gasteiger charge is -2.32. The summed E-state index contributed by atoms with van der Waals surface area (Å²) in [5.41, 5.74) is 5.60. The van der Waals surface area contributed by atoms with Gasteiger partial charge in [0.1, 0.15) is 11.0 Å². The van der Waals surface area contributed by atoms with Gasteiger partial charge in [0.15, 0.2) is 0 Å². The van der Waals surface area contributed by atoms with Crippen LogP contribution in [-0.4, -0.2) is 23.1 Å². The quantitative estimate of drug-likeness (QED) is 0.821. The maximum Gasteiger partial charge on any atom is 0.223 e. The third kappa shape index (κ3) is 2.55. The smallest absolute Gasteiger partial charge is 0.223 e. The van der Waals surface area contributed by atoms with Gasteiger partial charge >= 0.3 is 0 Å². The number of halogens is 1. The highest BCUT2D eigenvalue weighted by atomic mass is 35.5. The van der Waals surface area contributed by atoms with Crippen LogP contribution in [0.2, 0.25) is 5.15 Å². The summed E-state index contributed by atoms with van der Waals surface area (Å²) in [6.45, 7) is 4.08. The van der Waals surface area contributed by atoms with Gasteiger partial charge in [-0.1, -0.05) is 18.0 Å². The zero-order valence-electron chi connectivity index (χ0n) is 9.49. The van der Waals surface area contributed by atoms with Gasteiger partial charge in [-0.15, -0.1) is 0 Å². The Labute approximate surface area is 101 Å². The minimum atomic E-state index is 0.245. The highest BCUT2D eigenvalue weighted by Gasteiger charge is 2.21. The van der Waals surface area contributed by atoms with E-state index in [1.807, 2.05) is 0 Å². The molecule has 1 aliphatic carbocycles. The first-order valence-electron chi connectivity index (χ1n) is 5.74. The Bertz CT molecular complexity index is 345. The molecule has 1 aliphatic rings. The molecule has 88 valence electrons. The zero-order valence-corrected chi connectivity index (χ0v) is 10.2. The Kier molecular flexibility index (Phi) is 3.49. The molecule has 0 aliphatic heterocycles. The van der Waals surface area contributed by atoms with Crippen LogP contribution in [0, 0.1) is 5.92 Å². The molecule has 0 bridgehead atoms. The molecule has 1 fully saturated rings. The number of hydrogen-bond acceptors (Lipinski definition) is 4. The summed E-state index contributed by atoms with van der Waals surface area (Å²) in [7, 11) is 0. The highest BCUT2D eigenvalue weighted by molar-refractivity contribution is 6.29. The second-order valence-electron chi connectivity index (χ2n) is 4.24. The number of rotatable bonds is 4. The van der Waals surface area contributed by atoms with Gasteiger partial charge in [-0.3, -0.25) is 0 Å². The zero-order chi connectivity index (χ0) is 11.5. The van der Waals surface area contributed by atoms with Crippen LogP contribution in [0.4, 0.5) is 11.8 Å². The van der Waals surface area contributed by atoms with E-state index in [0.29, 0.717) is 5.15 Å². The first-order chi connectivity index (χ1) is 7.69. The number of anilines is 2. The molecule has 4 nitrogen and oxygen atoms in total. The Hall–Kier alpha value is -1.03. The van der Waals surface area contributed by atoms with E-state index in [9.17, 15) is 0 Å². The molecule has 0 aromatic carbocycles. The van der Waals surface area contributed by atoms with Crippen molar-refractivity contribution in [1.29, 1.82) is 0 Å². The van der Waals surface area contributed by atoms with E-state index >= 15 is 0 Å². The first-order valence-corrected chi connectivity index (χ1v) is 6.12. The van der Waals surface area contributed by atoms with Crippen LogP contribution >= 0.6 is 11.6 Å². The number of aromatic nitrogens is 2. The van der Waals surface area contributed by atoms with Crippen LogP contribution in [0.3, 0.4) is 0 Å². The van der Waals surface area contributed by atoms with Crippen molar-refractivity contribution in [3.8, 4) is 0 Å². The standard InChI is InChI=1S/C11H17ClN4/c1-2-16(7-8-4-3-5-8)10-6-9(12)14-11(13)15-10/h6,8H,2-5,7H2,1H3,(H2,13,14,15). The van der Waals surface area contributed by atoms with Crippen molar-refractivity contribution in [2.75, 3.05) is 23.7 Å². The van der Waals surface area contributed by atoms with E-state index in [2.05, 4.69) is 21.8 Å². The van der Waals surface area contributed by atoms with Crippen molar-refractivity contribution < 1.29 is 0 Å². The third-order valence-corrected chi connectivity index (χ3v) is 3.30. The fourth-order valence-electron chi connectivity index (χ4n) is 1.96. The normalized spacial score (nSPS) is 15.9. The average molecular weight is 241 g/mol. The number of nitrogens with zero attached hydrogens (tertiary/aromatic N) is 3. The summed E-state index contributed by atoms with van der Waals surface area (Å²) in [4.78, 5) is 10.3. The summed E-state index contributed by atoms with van der Waals surface area (Å²) >= 11 is 5.88. The lowest BCUT2D eigenvalue weighted by molar-refractivity contribution is 0.318. The van der Waals surface area contributed by atoms with Gasteiger partial charge in [0.05, 0.1) is 0 Å². The lowest BCUT2D eigenvalue weighted by Crippen LogP contribution is -2.33. The average Bonchev–Trinajstić information content (AvgIpc) is 2.14. The molecular formula is C11H17ClN4. The Morgan fingerprint density at radius 1 is 1.50 bits per heavy atom. The Morgan fingerprint density at radius 2 is 2.25 bits per heavy atom. The molecule has 1 aromatic rings. The van der Waals surface area contributed by atoms with E-state index in [0.717, 1.165) is 24.8 Å². The number of hydrogen-bond donors (Lipinski definition) is 1. The predicted octanol–water partition coefficient (Wildman–Crippen LogP) is 2.34. The summed E-state index contributed by atoms with van der Waals surface area (Å²) in [5, 5.41) is 0.412. The first kappa shape index (κ1) is 11.5. The largest absolute Gasteiger partial charge is 0.368 e. The van der Waals surface area contributed by atoms with Gasteiger partial charge < -0.3 is 10.6 Å². The molecule has 2 N–H and O–H groups in total. The molecule has 0 amide bonds. The number of nitrogens with two attached hydrogens (primary N) is 1. The maximum absolute atomic E-state index is 5.88. The molecule has 2 rings (SSSR count). The molecular weight excluding hydrogens is 224 g/mol. The fourth-order valence-corrected chi connectivity index (χ4v) is 2.14. The fraction of sp³-hybridized carbons (Fsp3) is 0.636. The summed E-state index contributed by atoms with van der Waals surface area (Å²) in [6, 6.07) is 1.78. The van der Waals surface area contributed by atoms with Gasteiger partial charge in [0.25, 0.3) is 0 Å². The number of nitrogen functional groups attached to an aromatic ring is 1. The Morgan fingerprint density at radius 3 is 2.75 bits per heavy atom. The molecule has 0 radical (unpaired) electrons. The molecule has 16 heavy (non-hydrogen) atoms. The molecule has 1 saturated carbocycles. The van der Waals surface area contributed by atoms with Crippen molar-refractivity contribution >= 4 is 23.4 Å². The van der Waals surface area contributed by atoms with Gasteiger partial charge in [-0.25, -0.2) is 4.98 Å². The van der Waals surface area contributed by atoms with E-state index in [1.165, 1.54) is 19.3 Å². The van der Waals surface area contributed by atoms with E-state index in [-0.39, 0.29) is 5.95 Å². The van der Waals surface area contributed by atoms with Crippen molar-refractivity contribution in [1.82, 2.24) is 9.97 Å². The van der Waals surface area contributed by atoms with Crippen molar-refractivity contribution in [3.63, 3.8) is 0 Å². The van der Waals surface area contributed by atoms with E-state index in [4.69, 9.17) is 17.3 Å². The highest BCUT2D eigenvalue weighted by Crippen LogP contribution is 2.28. The van der Waals surface area contributed by atoms with Crippen molar-refractivity contribution in [2.24, 2.45) is 5.92 Å².